The predicted octanol–water partition coefficient (Wildman–Crippen LogP) is 5.23. The van der Waals surface area contributed by atoms with Crippen molar-refractivity contribution < 1.29 is 0 Å². The average Bonchev–Trinajstić information content (AvgIpc) is 2.50. The molecule has 0 aliphatic heterocycles. The Balaban J connectivity index is 1.88. The van der Waals surface area contributed by atoms with Crippen molar-refractivity contribution in [1.82, 2.24) is 4.98 Å². The Morgan fingerprint density at radius 3 is 2.71 bits per heavy atom. The van der Waals surface area contributed by atoms with Gasteiger partial charge in [-0.1, -0.05) is 34.1 Å². The zero-order valence-electron chi connectivity index (χ0n) is 12.2. The highest BCUT2D eigenvalue weighted by Crippen LogP contribution is 2.25. The van der Waals surface area contributed by atoms with E-state index in [0.717, 1.165) is 22.2 Å². The minimum Gasteiger partial charge on any atom is -0.380 e. The summed E-state index contributed by atoms with van der Waals surface area (Å²) in [5.41, 5.74) is 5.92. The Hall–Kier alpha value is -1.87. The number of nitrogens with one attached hydrogen (secondary N) is 1. The van der Waals surface area contributed by atoms with Gasteiger partial charge in [0.25, 0.3) is 0 Å². The SMILES string of the molecule is Cc1cc(CNc2ccc(C)c3ncccc23)ccc1Br. The van der Waals surface area contributed by atoms with E-state index in [9.17, 15) is 0 Å². The van der Waals surface area contributed by atoms with Crippen LogP contribution in [-0.4, -0.2) is 4.98 Å². The lowest BCUT2D eigenvalue weighted by Gasteiger charge is -2.11. The predicted molar refractivity (Wildman–Crippen MR) is 92.7 cm³/mol. The molecule has 0 fully saturated rings. The van der Waals surface area contributed by atoms with E-state index in [0.29, 0.717) is 0 Å². The van der Waals surface area contributed by atoms with Crippen molar-refractivity contribution in [2.75, 3.05) is 5.32 Å². The largest absolute Gasteiger partial charge is 0.380 e. The minimum absolute atomic E-state index is 0.807. The highest BCUT2D eigenvalue weighted by molar-refractivity contribution is 9.10. The van der Waals surface area contributed by atoms with Crippen LogP contribution >= 0.6 is 15.9 Å². The maximum Gasteiger partial charge on any atom is 0.0751 e. The molecular formula is C18H17BrN2. The van der Waals surface area contributed by atoms with Crippen molar-refractivity contribution in [2.45, 2.75) is 20.4 Å². The molecule has 0 radical (unpaired) electrons. The van der Waals surface area contributed by atoms with Gasteiger partial charge in [0.2, 0.25) is 0 Å². The van der Waals surface area contributed by atoms with Crippen LogP contribution in [0.25, 0.3) is 10.9 Å². The first kappa shape index (κ1) is 14.1. The number of nitrogens with zero attached hydrogens (tertiary/aromatic N) is 1. The number of hydrogen-bond acceptors (Lipinski definition) is 2. The summed E-state index contributed by atoms with van der Waals surface area (Å²) in [7, 11) is 0. The highest BCUT2D eigenvalue weighted by atomic mass is 79.9. The van der Waals surface area contributed by atoms with Crippen LogP contribution in [0, 0.1) is 13.8 Å². The molecule has 0 unspecified atom stereocenters. The van der Waals surface area contributed by atoms with E-state index < -0.39 is 0 Å². The lowest BCUT2D eigenvalue weighted by Crippen LogP contribution is -2.01. The van der Waals surface area contributed by atoms with Crippen LogP contribution in [0.3, 0.4) is 0 Å². The van der Waals surface area contributed by atoms with Gasteiger partial charge in [-0.3, -0.25) is 4.98 Å². The Labute approximate surface area is 133 Å². The van der Waals surface area contributed by atoms with Gasteiger partial charge >= 0.3 is 0 Å². The van der Waals surface area contributed by atoms with Crippen molar-refractivity contribution in [1.29, 1.82) is 0 Å². The Morgan fingerprint density at radius 1 is 1.05 bits per heavy atom. The molecule has 2 aromatic carbocycles. The number of fused-ring (bicyclic) bond motifs is 1. The molecule has 0 aliphatic carbocycles. The second-order valence-electron chi connectivity index (χ2n) is 5.27. The number of benzene rings is 2. The van der Waals surface area contributed by atoms with E-state index in [1.807, 2.05) is 12.3 Å². The monoisotopic (exact) mass is 340 g/mol. The third kappa shape index (κ3) is 2.93. The van der Waals surface area contributed by atoms with Crippen LogP contribution in [0.1, 0.15) is 16.7 Å². The Morgan fingerprint density at radius 2 is 1.90 bits per heavy atom. The molecular weight excluding hydrogens is 324 g/mol. The van der Waals surface area contributed by atoms with Gasteiger partial charge in [-0.15, -0.1) is 0 Å². The van der Waals surface area contributed by atoms with Crippen LogP contribution in [0.5, 0.6) is 0 Å². The van der Waals surface area contributed by atoms with Crippen LogP contribution in [0.15, 0.2) is 53.1 Å². The lowest BCUT2D eigenvalue weighted by molar-refractivity contribution is 1.14. The first-order valence-electron chi connectivity index (χ1n) is 6.98. The van der Waals surface area contributed by atoms with E-state index in [1.54, 1.807) is 0 Å². The number of hydrogen-bond donors (Lipinski definition) is 1. The average molecular weight is 341 g/mol. The Bertz CT molecular complexity index is 796. The molecule has 1 N–H and O–H groups in total. The summed E-state index contributed by atoms with van der Waals surface area (Å²) in [6, 6.07) is 14.8. The molecule has 0 saturated heterocycles. The first-order chi connectivity index (χ1) is 10.1. The zero-order chi connectivity index (χ0) is 14.8. The number of halogens is 1. The van der Waals surface area contributed by atoms with Crippen LogP contribution in [0.2, 0.25) is 0 Å². The smallest absolute Gasteiger partial charge is 0.0751 e. The summed E-state index contributed by atoms with van der Waals surface area (Å²) < 4.78 is 1.15. The van der Waals surface area contributed by atoms with Crippen molar-refractivity contribution >= 4 is 32.5 Å². The quantitative estimate of drug-likeness (QED) is 0.706. The standard InChI is InChI=1S/C18H17BrN2/c1-12-5-8-17(15-4-3-9-20-18(12)15)21-11-14-6-7-16(19)13(2)10-14/h3-10,21H,11H2,1-2H3. The third-order valence-corrected chi connectivity index (χ3v) is 4.57. The second kappa shape index (κ2) is 5.86. The highest BCUT2D eigenvalue weighted by Gasteiger charge is 2.04. The van der Waals surface area contributed by atoms with Crippen molar-refractivity contribution in [3.05, 3.63) is 69.8 Å². The molecule has 2 nitrogen and oxygen atoms in total. The topological polar surface area (TPSA) is 24.9 Å². The van der Waals surface area contributed by atoms with Gasteiger partial charge in [-0.05, 0) is 54.8 Å². The van der Waals surface area contributed by atoms with Crippen LogP contribution in [-0.2, 0) is 6.54 Å². The normalized spacial score (nSPS) is 10.8. The summed E-state index contributed by atoms with van der Waals surface area (Å²) in [6.45, 7) is 5.01. The van der Waals surface area contributed by atoms with E-state index in [2.05, 4.69) is 76.5 Å². The fraction of sp³-hybridized carbons (Fsp3) is 0.167. The molecule has 3 heteroatoms. The number of pyridine rings is 1. The van der Waals surface area contributed by atoms with Crippen molar-refractivity contribution in [3.8, 4) is 0 Å². The zero-order valence-corrected chi connectivity index (χ0v) is 13.7. The van der Waals surface area contributed by atoms with E-state index >= 15 is 0 Å². The van der Waals surface area contributed by atoms with E-state index in [1.165, 1.54) is 22.1 Å². The molecule has 1 aromatic heterocycles. The third-order valence-electron chi connectivity index (χ3n) is 3.68. The first-order valence-corrected chi connectivity index (χ1v) is 7.77. The molecule has 3 aromatic rings. The molecule has 0 spiro atoms. The van der Waals surface area contributed by atoms with Crippen molar-refractivity contribution in [2.24, 2.45) is 0 Å². The summed E-state index contributed by atoms with van der Waals surface area (Å²) in [5, 5.41) is 4.70. The molecule has 0 aliphatic rings. The molecule has 1 heterocycles. The lowest BCUT2D eigenvalue weighted by atomic mass is 10.1. The summed E-state index contributed by atoms with van der Waals surface area (Å²) in [6.07, 6.45) is 1.84. The fourth-order valence-electron chi connectivity index (χ4n) is 2.48. The van der Waals surface area contributed by atoms with Gasteiger partial charge in [-0.25, -0.2) is 0 Å². The number of aryl methyl sites for hydroxylation is 2. The van der Waals surface area contributed by atoms with Gasteiger partial charge in [0.05, 0.1) is 5.52 Å². The van der Waals surface area contributed by atoms with Gasteiger partial charge in [0, 0.05) is 28.3 Å². The van der Waals surface area contributed by atoms with Gasteiger partial charge in [0.15, 0.2) is 0 Å². The number of aromatic nitrogens is 1. The fourth-order valence-corrected chi connectivity index (χ4v) is 2.73. The minimum atomic E-state index is 0.807. The van der Waals surface area contributed by atoms with Gasteiger partial charge in [-0.2, -0.15) is 0 Å². The van der Waals surface area contributed by atoms with E-state index in [4.69, 9.17) is 0 Å². The number of rotatable bonds is 3. The maximum absolute atomic E-state index is 4.48. The summed E-state index contributed by atoms with van der Waals surface area (Å²) >= 11 is 3.54. The molecule has 106 valence electrons. The summed E-state index contributed by atoms with van der Waals surface area (Å²) in [5.74, 6) is 0. The van der Waals surface area contributed by atoms with Gasteiger partial charge in [0.1, 0.15) is 0 Å². The summed E-state index contributed by atoms with van der Waals surface area (Å²) in [4.78, 5) is 4.48. The van der Waals surface area contributed by atoms with Crippen LogP contribution < -0.4 is 5.32 Å². The van der Waals surface area contributed by atoms with Crippen molar-refractivity contribution in [3.63, 3.8) is 0 Å². The Kier molecular flexibility index (Phi) is 3.93. The molecule has 21 heavy (non-hydrogen) atoms. The van der Waals surface area contributed by atoms with Crippen LogP contribution in [0.4, 0.5) is 5.69 Å². The van der Waals surface area contributed by atoms with E-state index in [-0.39, 0.29) is 0 Å². The number of anilines is 1. The molecule has 0 bridgehead atoms. The molecule has 3 rings (SSSR count). The van der Waals surface area contributed by atoms with Gasteiger partial charge < -0.3 is 5.32 Å². The molecule has 0 saturated carbocycles. The molecule has 0 atom stereocenters. The molecule has 0 amide bonds. The second-order valence-corrected chi connectivity index (χ2v) is 6.12. The maximum atomic E-state index is 4.48.